The van der Waals surface area contributed by atoms with Crippen molar-refractivity contribution in [1.29, 1.82) is 0 Å². The summed E-state index contributed by atoms with van der Waals surface area (Å²) < 4.78 is 11.0. The Kier molecular flexibility index (Phi) is 4.81. The van der Waals surface area contributed by atoms with Crippen molar-refractivity contribution >= 4 is 0 Å². The van der Waals surface area contributed by atoms with Crippen LogP contribution in [0.1, 0.15) is 24.3 Å². The first-order chi connectivity index (χ1) is 9.31. The molecule has 0 unspecified atom stereocenters. The van der Waals surface area contributed by atoms with Crippen LogP contribution in [0.25, 0.3) is 0 Å². The number of rotatable bonds is 7. The van der Waals surface area contributed by atoms with Crippen molar-refractivity contribution in [2.75, 3.05) is 6.61 Å². The van der Waals surface area contributed by atoms with E-state index in [1.165, 1.54) is 0 Å². The number of ether oxygens (including phenoxy) is 1. The van der Waals surface area contributed by atoms with E-state index in [4.69, 9.17) is 9.15 Å². The number of para-hydroxylation sites is 1. The molecule has 0 spiro atoms. The van der Waals surface area contributed by atoms with Gasteiger partial charge in [0.15, 0.2) is 0 Å². The van der Waals surface area contributed by atoms with Gasteiger partial charge in [-0.3, -0.25) is 0 Å². The lowest BCUT2D eigenvalue weighted by Gasteiger charge is -2.14. The molecule has 0 saturated carbocycles. The van der Waals surface area contributed by atoms with Gasteiger partial charge in [-0.05, 0) is 25.1 Å². The minimum Gasteiger partial charge on any atom is -0.489 e. The van der Waals surface area contributed by atoms with Crippen molar-refractivity contribution in [2.24, 2.45) is 0 Å². The second kappa shape index (κ2) is 6.81. The fourth-order valence-electron chi connectivity index (χ4n) is 1.84. The molecule has 0 saturated heterocycles. The second-order valence-corrected chi connectivity index (χ2v) is 4.33. The third-order valence-electron chi connectivity index (χ3n) is 2.90. The molecule has 3 nitrogen and oxygen atoms in total. The van der Waals surface area contributed by atoms with Crippen LogP contribution >= 0.6 is 0 Å². The quantitative estimate of drug-likeness (QED) is 0.768. The van der Waals surface area contributed by atoms with Gasteiger partial charge in [0, 0.05) is 12.1 Å². The van der Waals surface area contributed by atoms with Gasteiger partial charge >= 0.3 is 0 Å². The fraction of sp³-hybridized carbons (Fsp3) is 0.250. The topological polar surface area (TPSA) is 34.4 Å². The molecule has 0 bridgehead atoms. The van der Waals surface area contributed by atoms with E-state index in [1.54, 1.807) is 12.3 Å². The third-order valence-corrected chi connectivity index (χ3v) is 2.90. The van der Waals surface area contributed by atoms with Gasteiger partial charge in [0.1, 0.15) is 18.1 Å². The SMILES string of the molecule is C=CCOc1ccccc1CN[C@@H](C)c1ccco1. The van der Waals surface area contributed by atoms with Crippen LogP contribution in [-0.2, 0) is 6.54 Å². The van der Waals surface area contributed by atoms with E-state index in [0.717, 1.165) is 23.6 Å². The van der Waals surface area contributed by atoms with E-state index in [1.807, 2.05) is 30.3 Å². The molecule has 2 rings (SSSR count). The number of furan rings is 1. The van der Waals surface area contributed by atoms with Gasteiger partial charge in [0.05, 0.1) is 12.3 Å². The maximum atomic E-state index is 5.63. The molecule has 1 heterocycles. The summed E-state index contributed by atoms with van der Waals surface area (Å²) in [5.74, 6) is 1.83. The van der Waals surface area contributed by atoms with Crippen LogP contribution in [0.5, 0.6) is 5.75 Å². The molecule has 0 aliphatic heterocycles. The highest BCUT2D eigenvalue weighted by Crippen LogP contribution is 2.19. The summed E-state index contributed by atoms with van der Waals surface area (Å²) in [4.78, 5) is 0. The van der Waals surface area contributed by atoms with Crippen LogP contribution in [0.3, 0.4) is 0 Å². The largest absolute Gasteiger partial charge is 0.489 e. The molecule has 0 aliphatic carbocycles. The zero-order valence-electron chi connectivity index (χ0n) is 11.1. The minimum absolute atomic E-state index is 0.169. The normalized spacial score (nSPS) is 12.1. The van der Waals surface area contributed by atoms with Crippen LogP contribution in [0.15, 0.2) is 59.7 Å². The highest BCUT2D eigenvalue weighted by molar-refractivity contribution is 5.33. The van der Waals surface area contributed by atoms with Gasteiger partial charge in [-0.15, -0.1) is 0 Å². The Hall–Kier alpha value is -2.00. The molecule has 0 amide bonds. The van der Waals surface area contributed by atoms with Gasteiger partial charge in [0.25, 0.3) is 0 Å². The maximum Gasteiger partial charge on any atom is 0.124 e. The maximum absolute atomic E-state index is 5.63. The molecule has 1 atom stereocenters. The van der Waals surface area contributed by atoms with Crippen molar-refractivity contribution < 1.29 is 9.15 Å². The van der Waals surface area contributed by atoms with Crippen LogP contribution in [0.4, 0.5) is 0 Å². The molecule has 1 aromatic heterocycles. The van der Waals surface area contributed by atoms with Gasteiger partial charge in [-0.1, -0.05) is 30.9 Å². The molecule has 0 aliphatic rings. The molecular weight excluding hydrogens is 238 g/mol. The number of nitrogens with one attached hydrogen (secondary N) is 1. The summed E-state index contributed by atoms with van der Waals surface area (Å²) in [6.45, 7) is 6.99. The van der Waals surface area contributed by atoms with Gasteiger partial charge in [-0.2, -0.15) is 0 Å². The standard InChI is InChI=1S/C16H19NO2/c1-3-10-18-16-8-5-4-7-14(16)12-17-13(2)15-9-6-11-19-15/h3-9,11,13,17H,1,10,12H2,2H3/t13-/m0/s1. The molecular formula is C16H19NO2. The predicted octanol–water partition coefficient (Wildman–Crippen LogP) is 3.70. The summed E-state index contributed by atoms with van der Waals surface area (Å²) in [6.07, 6.45) is 3.43. The van der Waals surface area contributed by atoms with Crippen LogP contribution < -0.4 is 10.1 Å². The lowest BCUT2D eigenvalue weighted by molar-refractivity contribution is 0.355. The Morgan fingerprint density at radius 3 is 2.89 bits per heavy atom. The molecule has 1 aromatic carbocycles. The molecule has 19 heavy (non-hydrogen) atoms. The Bertz CT molecular complexity index is 505. The Morgan fingerprint density at radius 1 is 1.32 bits per heavy atom. The van der Waals surface area contributed by atoms with E-state index in [0.29, 0.717) is 6.61 Å². The average Bonchev–Trinajstić information content (AvgIpc) is 2.97. The first-order valence-corrected chi connectivity index (χ1v) is 6.39. The van der Waals surface area contributed by atoms with Crippen LogP contribution in [0, 0.1) is 0 Å². The zero-order chi connectivity index (χ0) is 13.5. The van der Waals surface area contributed by atoms with Gasteiger partial charge in [0.2, 0.25) is 0 Å². The number of hydrogen-bond donors (Lipinski definition) is 1. The third kappa shape index (κ3) is 3.73. The monoisotopic (exact) mass is 257 g/mol. The summed E-state index contributed by atoms with van der Waals surface area (Å²) in [7, 11) is 0. The number of benzene rings is 1. The minimum atomic E-state index is 0.169. The summed E-state index contributed by atoms with van der Waals surface area (Å²) in [6, 6.07) is 12.0. The smallest absolute Gasteiger partial charge is 0.124 e. The van der Waals surface area contributed by atoms with Crippen LogP contribution in [0.2, 0.25) is 0 Å². The van der Waals surface area contributed by atoms with Crippen molar-refractivity contribution in [3.8, 4) is 5.75 Å². The molecule has 0 fully saturated rings. The van der Waals surface area contributed by atoms with E-state index >= 15 is 0 Å². The Labute approximate surface area is 113 Å². The van der Waals surface area contributed by atoms with E-state index in [2.05, 4.69) is 24.9 Å². The highest BCUT2D eigenvalue weighted by atomic mass is 16.5. The van der Waals surface area contributed by atoms with E-state index < -0.39 is 0 Å². The first kappa shape index (κ1) is 13.4. The van der Waals surface area contributed by atoms with Gasteiger partial charge < -0.3 is 14.5 Å². The summed E-state index contributed by atoms with van der Waals surface area (Å²) >= 11 is 0. The van der Waals surface area contributed by atoms with Crippen molar-refractivity contribution in [1.82, 2.24) is 5.32 Å². The predicted molar refractivity (Wildman–Crippen MR) is 76.1 cm³/mol. The van der Waals surface area contributed by atoms with Crippen LogP contribution in [-0.4, -0.2) is 6.61 Å². The van der Waals surface area contributed by atoms with Gasteiger partial charge in [-0.25, -0.2) is 0 Å². The second-order valence-electron chi connectivity index (χ2n) is 4.33. The highest BCUT2D eigenvalue weighted by Gasteiger charge is 2.09. The molecule has 3 heteroatoms. The average molecular weight is 257 g/mol. The summed E-state index contributed by atoms with van der Waals surface area (Å²) in [5.41, 5.74) is 1.13. The van der Waals surface area contributed by atoms with Crippen molar-refractivity contribution in [2.45, 2.75) is 19.5 Å². The lowest BCUT2D eigenvalue weighted by Crippen LogP contribution is -2.18. The molecule has 100 valence electrons. The lowest BCUT2D eigenvalue weighted by atomic mass is 10.2. The molecule has 0 radical (unpaired) electrons. The summed E-state index contributed by atoms with van der Waals surface area (Å²) in [5, 5.41) is 3.42. The Balaban J connectivity index is 1.97. The van der Waals surface area contributed by atoms with E-state index in [9.17, 15) is 0 Å². The van der Waals surface area contributed by atoms with E-state index in [-0.39, 0.29) is 6.04 Å². The van der Waals surface area contributed by atoms with Crippen molar-refractivity contribution in [3.05, 3.63) is 66.6 Å². The Morgan fingerprint density at radius 2 is 2.16 bits per heavy atom. The zero-order valence-corrected chi connectivity index (χ0v) is 11.1. The fourth-order valence-corrected chi connectivity index (χ4v) is 1.84. The first-order valence-electron chi connectivity index (χ1n) is 6.39. The molecule has 2 aromatic rings. The van der Waals surface area contributed by atoms with Crippen molar-refractivity contribution in [3.63, 3.8) is 0 Å². The number of hydrogen-bond acceptors (Lipinski definition) is 3. The molecule has 1 N–H and O–H groups in total.